The average molecular weight is 385 g/mol. The Balaban J connectivity index is 1.40. The molecule has 2 N–H and O–H groups in total. The van der Waals surface area contributed by atoms with Crippen LogP contribution in [0.3, 0.4) is 0 Å². The summed E-state index contributed by atoms with van der Waals surface area (Å²) >= 11 is 0. The first-order chi connectivity index (χ1) is 13.0. The number of aromatic nitrogens is 3. The molecule has 1 amide bonds. The summed E-state index contributed by atoms with van der Waals surface area (Å²) in [6.07, 6.45) is 3.01. The van der Waals surface area contributed by atoms with Gasteiger partial charge in [-0.3, -0.25) is 9.10 Å². The van der Waals surface area contributed by atoms with Gasteiger partial charge in [-0.1, -0.05) is 6.07 Å². The first-order valence-electron chi connectivity index (χ1n) is 8.71. The van der Waals surface area contributed by atoms with E-state index in [0.717, 1.165) is 5.52 Å². The Kier molecular flexibility index (Phi) is 4.53. The van der Waals surface area contributed by atoms with E-state index in [4.69, 9.17) is 0 Å². The highest BCUT2D eigenvalue weighted by Crippen LogP contribution is 2.26. The molecule has 8 nitrogen and oxygen atoms in total. The smallest absolute Gasteiger partial charge is 0.235 e. The number of hydrogen-bond acceptors (Lipinski definition) is 5. The Labute approximate surface area is 156 Å². The number of carbonyl (C=O) groups is 1. The number of nitrogens with one attached hydrogen (secondary N) is 2. The van der Waals surface area contributed by atoms with Gasteiger partial charge in [0.05, 0.1) is 17.0 Å². The molecule has 2 aromatic heterocycles. The van der Waals surface area contributed by atoms with E-state index in [1.54, 1.807) is 30.5 Å². The highest BCUT2D eigenvalue weighted by atomic mass is 32.2. The number of H-pyrrole nitrogens is 1. The number of anilines is 2. The third-order valence-electron chi connectivity index (χ3n) is 4.41. The van der Waals surface area contributed by atoms with Crippen molar-refractivity contribution in [2.24, 2.45) is 0 Å². The van der Waals surface area contributed by atoms with E-state index in [1.165, 1.54) is 4.31 Å². The molecule has 0 radical (unpaired) electrons. The second-order valence-corrected chi connectivity index (χ2v) is 8.41. The van der Waals surface area contributed by atoms with Crippen LogP contribution in [0.15, 0.2) is 42.6 Å². The summed E-state index contributed by atoms with van der Waals surface area (Å²) in [5.41, 5.74) is 2.62. The fourth-order valence-electron chi connectivity index (χ4n) is 3.14. The number of nitrogens with zero attached hydrogens (tertiary/aromatic N) is 3. The summed E-state index contributed by atoms with van der Waals surface area (Å²) in [5, 5.41) is 2.82. The molecule has 140 valence electrons. The number of pyridine rings is 1. The summed E-state index contributed by atoms with van der Waals surface area (Å²) in [4.78, 5) is 23.9. The molecule has 0 atom stereocenters. The van der Waals surface area contributed by atoms with Crippen molar-refractivity contribution >= 4 is 38.5 Å². The van der Waals surface area contributed by atoms with Crippen LogP contribution in [0, 0.1) is 0 Å². The quantitative estimate of drug-likeness (QED) is 0.699. The fourth-order valence-corrected chi connectivity index (χ4v) is 4.69. The van der Waals surface area contributed by atoms with Crippen molar-refractivity contribution < 1.29 is 13.2 Å². The summed E-state index contributed by atoms with van der Waals surface area (Å²) < 4.78 is 25.5. The molecule has 1 fully saturated rings. The van der Waals surface area contributed by atoms with Crippen LogP contribution in [-0.2, 0) is 21.2 Å². The maximum Gasteiger partial charge on any atom is 0.235 e. The third kappa shape index (κ3) is 3.77. The fraction of sp³-hybridized carbons (Fsp3) is 0.278. The van der Waals surface area contributed by atoms with Crippen molar-refractivity contribution in [2.75, 3.05) is 21.9 Å². The molecule has 3 heterocycles. The molecule has 0 saturated carbocycles. The molecule has 1 aromatic carbocycles. The van der Waals surface area contributed by atoms with Gasteiger partial charge in [0.2, 0.25) is 15.9 Å². The van der Waals surface area contributed by atoms with Gasteiger partial charge >= 0.3 is 0 Å². The summed E-state index contributed by atoms with van der Waals surface area (Å²) in [6, 6.07) is 10.6. The molecule has 0 bridgehead atoms. The van der Waals surface area contributed by atoms with Crippen molar-refractivity contribution in [3.05, 3.63) is 48.4 Å². The lowest BCUT2D eigenvalue weighted by atomic mass is 10.2. The average Bonchev–Trinajstić information content (AvgIpc) is 3.22. The Bertz CT molecular complexity index is 1060. The molecular formula is C18H19N5O3S. The zero-order valence-electron chi connectivity index (χ0n) is 14.6. The lowest BCUT2D eigenvalue weighted by Gasteiger charge is -2.17. The van der Waals surface area contributed by atoms with Crippen LogP contribution >= 0.6 is 0 Å². The topological polar surface area (TPSA) is 108 Å². The second kappa shape index (κ2) is 6.99. The number of hydrogen-bond donors (Lipinski definition) is 2. The largest absolute Gasteiger partial charge is 0.341 e. The van der Waals surface area contributed by atoms with E-state index >= 15 is 0 Å². The van der Waals surface area contributed by atoms with Gasteiger partial charge in [-0.2, -0.15) is 0 Å². The van der Waals surface area contributed by atoms with Gasteiger partial charge in [-0.15, -0.1) is 0 Å². The minimum atomic E-state index is -3.24. The van der Waals surface area contributed by atoms with Gasteiger partial charge in [-0.25, -0.2) is 18.4 Å². The summed E-state index contributed by atoms with van der Waals surface area (Å²) in [7, 11) is -3.24. The first-order valence-corrected chi connectivity index (χ1v) is 10.3. The number of amides is 1. The van der Waals surface area contributed by atoms with Crippen LogP contribution in [0.2, 0.25) is 0 Å². The number of aromatic amines is 1. The Morgan fingerprint density at radius 1 is 1.26 bits per heavy atom. The van der Waals surface area contributed by atoms with E-state index in [0.29, 0.717) is 42.2 Å². The standard InChI is InChI=1S/C18H19N5O3S/c24-17(8-7-16-21-15-6-2-9-19-18(15)22-16)20-13-4-1-5-14(12-13)23-10-3-11-27(23,25)26/h1-2,4-6,9,12H,3,7-8,10-11H2,(H,20,24)(H,19,21,22). The van der Waals surface area contributed by atoms with Crippen LogP contribution in [0.1, 0.15) is 18.7 Å². The summed E-state index contributed by atoms with van der Waals surface area (Å²) in [5.74, 6) is 0.705. The van der Waals surface area contributed by atoms with E-state index in [2.05, 4.69) is 20.3 Å². The predicted molar refractivity (Wildman–Crippen MR) is 103 cm³/mol. The number of aryl methyl sites for hydroxylation is 1. The van der Waals surface area contributed by atoms with Crippen molar-refractivity contribution in [1.82, 2.24) is 15.0 Å². The van der Waals surface area contributed by atoms with E-state index in [-0.39, 0.29) is 18.1 Å². The van der Waals surface area contributed by atoms with Gasteiger partial charge in [0.1, 0.15) is 5.82 Å². The molecule has 1 aliphatic heterocycles. The van der Waals surface area contributed by atoms with Gasteiger partial charge in [0, 0.05) is 31.3 Å². The van der Waals surface area contributed by atoms with Crippen LogP contribution in [0.25, 0.3) is 11.2 Å². The Morgan fingerprint density at radius 3 is 2.93 bits per heavy atom. The molecule has 27 heavy (non-hydrogen) atoms. The maximum atomic E-state index is 12.3. The second-order valence-electron chi connectivity index (χ2n) is 6.40. The molecular weight excluding hydrogens is 366 g/mol. The lowest BCUT2D eigenvalue weighted by molar-refractivity contribution is -0.116. The van der Waals surface area contributed by atoms with E-state index in [9.17, 15) is 13.2 Å². The van der Waals surface area contributed by atoms with Gasteiger partial charge in [0.25, 0.3) is 0 Å². The van der Waals surface area contributed by atoms with Crippen molar-refractivity contribution in [3.8, 4) is 0 Å². The van der Waals surface area contributed by atoms with E-state index < -0.39 is 10.0 Å². The lowest BCUT2D eigenvalue weighted by Crippen LogP contribution is -2.25. The van der Waals surface area contributed by atoms with Crippen molar-refractivity contribution in [2.45, 2.75) is 19.3 Å². The highest BCUT2D eigenvalue weighted by molar-refractivity contribution is 7.93. The molecule has 9 heteroatoms. The monoisotopic (exact) mass is 385 g/mol. The number of fused-ring (bicyclic) bond motifs is 1. The number of carbonyl (C=O) groups excluding carboxylic acids is 1. The van der Waals surface area contributed by atoms with Crippen molar-refractivity contribution in [3.63, 3.8) is 0 Å². The van der Waals surface area contributed by atoms with Crippen LogP contribution in [0.5, 0.6) is 0 Å². The molecule has 1 aliphatic rings. The first kappa shape index (κ1) is 17.5. The third-order valence-corrected chi connectivity index (χ3v) is 6.28. The van der Waals surface area contributed by atoms with Crippen LogP contribution in [0.4, 0.5) is 11.4 Å². The van der Waals surface area contributed by atoms with Gasteiger partial charge in [-0.05, 0) is 36.8 Å². The van der Waals surface area contributed by atoms with Gasteiger partial charge < -0.3 is 10.3 Å². The normalized spacial score (nSPS) is 15.9. The zero-order chi connectivity index (χ0) is 18.9. The highest BCUT2D eigenvalue weighted by Gasteiger charge is 2.28. The SMILES string of the molecule is O=C(CCc1nc2ncccc2[nH]1)Nc1cccc(N2CCCS2(=O)=O)c1. The Morgan fingerprint density at radius 2 is 2.15 bits per heavy atom. The molecule has 0 spiro atoms. The molecule has 0 unspecified atom stereocenters. The number of sulfonamides is 1. The van der Waals surface area contributed by atoms with Gasteiger partial charge in [0.15, 0.2) is 5.65 Å². The minimum Gasteiger partial charge on any atom is -0.341 e. The molecule has 0 aliphatic carbocycles. The maximum absolute atomic E-state index is 12.3. The molecule has 4 rings (SSSR count). The van der Waals surface area contributed by atoms with E-state index in [1.807, 2.05) is 12.1 Å². The molecule has 1 saturated heterocycles. The van der Waals surface area contributed by atoms with Crippen LogP contribution < -0.4 is 9.62 Å². The Hall–Kier alpha value is -2.94. The van der Waals surface area contributed by atoms with Crippen LogP contribution in [-0.4, -0.2) is 41.6 Å². The number of benzene rings is 1. The molecule has 3 aromatic rings. The zero-order valence-corrected chi connectivity index (χ0v) is 15.4. The number of imidazole rings is 1. The summed E-state index contributed by atoms with van der Waals surface area (Å²) in [6.45, 7) is 0.472. The van der Waals surface area contributed by atoms with Crippen molar-refractivity contribution in [1.29, 1.82) is 0 Å². The number of rotatable bonds is 5. The predicted octanol–water partition coefficient (Wildman–Crippen LogP) is 2.07. The minimum absolute atomic E-state index is 0.162.